The maximum atomic E-state index is 11.1. The van der Waals surface area contributed by atoms with Gasteiger partial charge in [-0.05, 0) is 12.2 Å². The molecule has 0 radical (unpaired) electrons. The maximum absolute atomic E-state index is 11.1. The monoisotopic (exact) mass is 167 g/mol. The second kappa shape index (κ2) is 4.06. The number of carbonyl (C=O) groups excluding carboxylic acids is 1. The molecule has 0 unspecified atom stereocenters. The number of nitrogens with one attached hydrogen (secondary N) is 1. The Kier molecular flexibility index (Phi) is 3.02. The topological polar surface area (TPSA) is 29.1 Å². The van der Waals surface area contributed by atoms with Crippen LogP contribution < -0.4 is 5.32 Å². The van der Waals surface area contributed by atoms with Gasteiger partial charge in [0.15, 0.2) is 0 Å². The zero-order valence-electron chi connectivity index (χ0n) is 6.00. The third-order valence-corrected chi connectivity index (χ3v) is 1.46. The van der Waals surface area contributed by atoms with Crippen molar-refractivity contribution in [1.29, 1.82) is 0 Å². The molecule has 0 atom stereocenters. The third kappa shape index (κ3) is 2.30. The van der Waals surface area contributed by atoms with E-state index in [0.717, 1.165) is 0 Å². The van der Waals surface area contributed by atoms with E-state index < -0.39 is 0 Å². The van der Waals surface area contributed by atoms with E-state index in [2.05, 4.69) is 23.7 Å². The van der Waals surface area contributed by atoms with Gasteiger partial charge in [-0.25, -0.2) is 0 Å². The largest absolute Gasteiger partial charge is 0.351 e. The molecule has 2 nitrogen and oxygen atoms in total. The van der Waals surface area contributed by atoms with Crippen molar-refractivity contribution >= 4 is 18.5 Å². The first-order chi connectivity index (χ1) is 5.34. The minimum Gasteiger partial charge on any atom is -0.351 e. The van der Waals surface area contributed by atoms with E-state index in [-0.39, 0.29) is 5.91 Å². The number of allylic oxidation sites excluding steroid dienone is 1. The Hall–Kier alpha value is -0.920. The Balaban J connectivity index is 2.43. The molecule has 0 saturated heterocycles. The molecule has 1 amide bonds. The predicted octanol–water partition coefficient (Wildman–Crippen LogP) is 0.684. The number of rotatable bonds is 3. The van der Waals surface area contributed by atoms with Crippen molar-refractivity contribution in [3.63, 3.8) is 0 Å². The Morgan fingerprint density at radius 1 is 1.73 bits per heavy atom. The average molecular weight is 167 g/mol. The van der Waals surface area contributed by atoms with Crippen LogP contribution in [0.4, 0.5) is 0 Å². The standard InChI is InChI=1S/C8H9NOS/c10-8(9-5-6-11)7-3-1-2-4-7/h1-3,11H,5-6H2,(H,9,10). The number of amides is 1. The second-order valence-electron chi connectivity index (χ2n) is 2.06. The highest BCUT2D eigenvalue weighted by molar-refractivity contribution is 7.80. The first-order valence-corrected chi connectivity index (χ1v) is 4.00. The molecule has 0 bridgehead atoms. The van der Waals surface area contributed by atoms with Gasteiger partial charge in [0.1, 0.15) is 0 Å². The van der Waals surface area contributed by atoms with Crippen LogP contribution in [0.25, 0.3) is 0 Å². The van der Waals surface area contributed by atoms with E-state index in [1.165, 1.54) is 0 Å². The molecule has 11 heavy (non-hydrogen) atoms. The smallest absolute Gasteiger partial charge is 0.259 e. The zero-order valence-corrected chi connectivity index (χ0v) is 6.90. The Labute approximate surface area is 71.1 Å². The lowest BCUT2D eigenvalue weighted by Gasteiger charge is -1.99. The normalized spacial score (nSPS) is 13.4. The molecule has 1 aliphatic rings. The van der Waals surface area contributed by atoms with Crippen LogP contribution in [0.5, 0.6) is 0 Å². The summed E-state index contributed by atoms with van der Waals surface area (Å²) >= 11 is 3.97. The van der Waals surface area contributed by atoms with E-state index >= 15 is 0 Å². The summed E-state index contributed by atoms with van der Waals surface area (Å²) in [4.78, 5) is 11.1. The number of hydrogen-bond acceptors (Lipinski definition) is 2. The van der Waals surface area contributed by atoms with Gasteiger partial charge < -0.3 is 5.32 Å². The molecule has 0 aromatic rings. The SMILES string of the molecule is O=C(NCCS)C1=C=CC=C1. The zero-order chi connectivity index (χ0) is 8.10. The Morgan fingerprint density at radius 2 is 2.55 bits per heavy atom. The molecule has 3 heteroatoms. The average Bonchev–Trinajstić information content (AvgIpc) is 2.52. The van der Waals surface area contributed by atoms with Crippen LogP contribution in [0.3, 0.4) is 0 Å². The maximum Gasteiger partial charge on any atom is 0.259 e. The van der Waals surface area contributed by atoms with E-state index in [9.17, 15) is 4.79 Å². The van der Waals surface area contributed by atoms with Crippen molar-refractivity contribution in [2.45, 2.75) is 0 Å². The van der Waals surface area contributed by atoms with Crippen LogP contribution in [0.1, 0.15) is 0 Å². The molecule has 1 aliphatic carbocycles. The minimum absolute atomic E-state index is 0.0796. The van der Waals surface area contributed by atoms with E-state index in [1.807, 2.05) is 0 Å². The highest BCUT2D eigenvalue weighted by atomic mass is 32.1. The van der Waals surface area contributed by atoms with Gasteiger partial charge in [-0.2, -0.15) is 12.6 Å². The second-order valence-corrected chi connectivity index (χ2v) is 2.51. The van der Waals surface area contributed by atoms with Crippen molar-refractivity contribution in [3.8, 4) is 0 Å². The summed E-state index contributed by atoms with van der Waals surface area (Å²) in [6, 6.07) is 0. The lowest BCUT2D eigenvalue weighted by molar-refractivity contribution is -0.117. The van der Waals surface area contributed by atoms with Crippen molar-refractivity contribution in [2.24, 2.45) is 0 Å². The fourth-order valence-corrected chi connectivity index (χ4v) is 0.848. The van der Waals surface area contributed by atoms with Crippen molar-refractivity contribution in [3.05, 3.63) is 29.5 Å². The van der Waals surface area contributed by atoms with Crippen LogP contribution in [-0.2, 0) is 4.79 Å². The fourth-order valence-electron chi connectivity index (χ4n) is 0.736. The van der Waals surface area contributed by atoms with Gasteiger partial charge in [0.25, 0.3) is 5.91 Å². The summed E-state index contributed by atoms with van der Waals surface area (Å²) in [6.45, 7) is 0.598. The van der Waals surface area contributed by atoms with E-state index in [0.29, 0.717) is 17.9 Å². The first kappa shape index (κ1) is 8.18. The molecular formula is C8H9NOS. The molecule has 0 heterocycles. The number of carbonyl (C=O) groups is 1. The Morgan fingerprint density at radius 3 is 3.09 bits per heavy atom. The predicted molar refractivity (Wildman–Crippen MR) is 47.6 cm³/mol. The van der Waals surface area contributed by atoms with Gasteiger partial charge in [-0.1, -0.05) is 6.08 Å². The molecule has 58 valence electrons. The first-order valence-electron chi connectivity index (χ1n) is 3.37. The molecule has 1 N–H and O–H groups in total. The number of hydrogen-bond donors (Lipinski definition) is 2. The molecule has 0 aromatic carbocycles. The van der Waals surface area contributed by atoms with Crippen molar-refractivity contribution < 1.29 is 4.79 Å². The Bertz CT molecular complexity index is 249. The van der Waals surface area contributed by atoms with Crippen molar-refractivity contribution in [1.82, 2.24) is 5.32 Å². The van der Waals surface area contributed by atoms with Crippen LogP contribution in [-0.4, -0.2) is 18.2 Å². The van der Waals surface area contributed by atoms with Gasteiger partial charge in [0.2, 0.25) is 0 Å². The summed E-state index contributed by atoms with van der Waals surface area (Å²) in [7, 11) is 0. The molecular weight excluding hydrogens is 158 g/mol. The molecule has 1 rings (SSSR count). The minimum atomic E-state index is -0.0796. The van der Waals surface area contributed by atoms with E-state index in [4.69, 9.17) is 0 Å². The summed E-state index contributed by atoms with van der Waals surface area (Å²) in [5, 5.41) is 2.69. The quantitative estimate of drug-likeness (QED) is 0.470. The fraction of sp³-hybridized carbons (Fsp3) is 0.250. The molecule has 0 aromatic heterocycles. The van der Waals surface area contributed by atoms with Gasteiger partial charge in [-0.15, -0.1) is 5.73 Å². The lowest BCUT2D eigenvalue weighted by Crippen LogP contribution is -2.25. The van der Waals surface area contributed by atoms with E-state index in [1.54, 1.807) is 18.2 Å². The van der Waals surface area contributed by atoms with Gasteiger partial charge in [0, 0.05) is 12.3 Å². The molecule has 0 aliphatic heterocycles. The highest BCUT2D eigenvalue weighted by Crippen LogP contribution is 2.00. The molecule has 0 spiro atoms. The van der Waals surface area contributed by atoms with Crippen LogP contribution in [0.15, 0.2) is 29.5 Å². The van der Waals surface area contributed by atoms with Gasteiger partial charge in [0.05, 0.1) is 5.57 Å². The van der Waals surface area contributed by atoms with Crippen LogP contribution in [0.2, 0.25) is 0 Å². The van der Waals surface area contributed by atoms with Crippen molar-refractivity contribution in [2.75, 3.05) is 12.3 Å². The number of thiol groups is 1. The summed E-state index contributed by atoms with van der Waals surface area (Å²) in [5.74, 6) is 0.580. The lowest BCUT2D eigenvalue weighted by atomic mass is 10.3. The van der Waals surface area contributed by atoms with Gasteiger partial charge >= 0.3 is 0 Å². The van der Waals surface area contributed by atoms with Crippen LogP contribution in [0, 0.1) is 0 Å². The van der Waals surface area contributed by atoms with Gasteiger partial charge in [-0.3, -0.25) is 4.79 Å². The molecule has 0 fully saturated rings. The summed E-state index contributed by atoms with van der Waals surface area (Å²) in [6.07, 6.45) is 5.24. The molecule has 0 saturated carbocycles. The highest BCUT2D eigenvalue weighted by Gasteiger charge is 2.04. The third-order valence-electron chi connectivity index (χ3n) is 1.24. The van der Waals surface area contributed by atoms with Crippen LogP contribution >= 0.6 is 12.6 Å². The summed E-state index contributed by atoms with van der Waals surface area (Å²) < 4.78 is 0. The summed E-state index contributed by atoms with van der Waals surface area (Å²) in [5.41, 5.74) is 3.40.